The number of hydrogen-bond acceptors (Lipinski definition) is 3. The van der Waals surface area contributed by atoms with Gasteiger partial charge in [0.1, 0.15) is 5.15 Å². The fourth-order valence-electron chi connectivity index (χ4n) is 2.17. The molecule has 1 aromatic rings. The van der Waals surface area contributed by atoms with Crippen LogP contribution in [0.4, 0.5) is 5.69 Å². The number of nitrogens with two attached hydrogens (primary N) is 1. The first-order valence-electron chi connectivity index (χ1n) is 5.80. The van der Waals surface area contributed by atoms with Crippen molar-refractivity contribution >= 4 is 17.3 Å². The number of rotatable bonds is 2. The molecule has 88 valence electrons. The lowest BCUT2D eigenvalue weighted by atomic mass is 9.91. The normalized spacial score (nSPS) is 25.4. The van der Waals surface area contributed by atoms with E-state index in [-0.39, 0.29) is 0 Å². The van der Waals surface area contributed by atoms with Crippen LogP contribution in [0.3, 0.4) is 0 Å². The molecule has 3 N–H and O–H groups in total. The van der Waals surface area contributed by atoms with Crippen LogP contribution in [0.1, 0.15) is 31.4 Å². The average Bonchev–Trinajstić information content (AvgIpc) is 2.25. The molecule has 3 nitrogen and oxygen atoms in total. The van der Waals surface area contributed by atoms with E-state index in [4.69, 9.17) is 17.3 Å². The molecule has 0 bridgehead atoms. The molecular weight excluding hydrogens is 222 g/mol. The Hall–Kier alpha value is -0.800. The summed E-state index contributed by atoms with van der Waals surface area (Å²) in [5, 5.41) is 4.07. The number of aryl methyl sites for hydroxylation is 1. The highest BCUT2D eigenvalue weighted by Crippen LogP contribution is 2.23. The molecule has 0 spiro atoms. The van der Waals surface area contributed by atoms with Crippen LogP contribution in [0.2, 0.25) is 5.15 Å². The zero-order valence-electron chi connectivity index (χ0n) is 9.54. The quantitative estimate of drug-likeness (QED) is 0.781. The van der Waals surface area contributed by atoms with Gasteiger partial charge in [0.2, 0.25) is 0 Å². The summed E-state index contributed by atoms with van der Waals surface area (Å²) in [5.74, 6) is 0. The molecule has 0 aromatic carbocycles. The summed E-state index contributed by atoms with van der Waals surface area (Å²) in [5.41, 5.74) is 7.93. The van der Waals surface area contributed by atoms with Gasteiger partial charge in [0.05, 0.1) is 11.4 Å². The topological polar surface area (TPSA) is 50.9 Å². The summed E-state index contributed by atoms with van der Waals surface area (Å²) in [7, 11) is 0. The van der Waals surface area contributed by atoms with Gasteiger partial charge in [0, 0.05) is 12.1 Å². The smallest absolute Gasteiger partial charge is 0.129 e. The molecule has 0 saturated heterocycles. The second-order valence-electron chi connectivity index (χ2n) is 4.52. The fourth-order valence-corrected chi connectivity index (χ4v) is 2.36. The van der Waals surface area contributed by atoms with Crippen molar-refractivity contribution in [1.82, 2.24) is 4.98 Å². The summed E-state index contributed by atoms with van der Waals surface area (Å²) in [6.07, 6.45) is 4.50. The summed E-state index contributed by atoms with van der Waals surface area (Å²) in [4.78, 5) is 4.23. The Labute approximate surface area is 101 Å². The average molecular weight is 240 g/mol. The molecule has 0 atom stereocenters. The van der Waals surface area contributed by atoms with Crippen LogP contribution < -0.4 is 11.1 Å². The SMILES string of the molecule is Cc1nc(Cl)ccc1NC1CCC(N)CC1. The van der Waals surface area contributed by atoms with E-state index in [2.05, 4.69) is 10.3 Å². The molecule has 1 aromatic heterocycles. The molecule has 0 aliphatic heterocycles. The zero-order chi connectivity index (χ0) is 11.5. The van der Waals surface area contributed by atoms with Crippen LogP contribution in [-0.2, 0) is 0 Å². The fraction of sp³-hybridized carbons (Fsp3) is 0.583. The van der Waals surface area contributed by atoms with Crippen molar-refractivity contribution in [2.75, 3.05) is 5.32 Å². The highest BCUT2D eigenvalue weighted by molar-refractivity contribution is 6.29. The maximum Gasteiger partial charge on any atom is 0.129 e. The molecule has 0 radical (unpaired) electrons. The maximum absolute atomic E-state index is 5.88. The Morgan fingerprint density at radius 1 is 1.31 bits per heavy atom. The summed E-state index contributed by atoms with van der Waals surface area (Å²) in [6.45, 7) is 1.97. The summed E-state index contributed by atoms with van der Waals surface area (Å²) in [6, 6.07) is 4.74. The Morgan fingerprint density at radius 3 is 2.62 bits per heavy atom. The molecule has 1 aliphatic rings. The van der Waals surface area contributed by atoms with Gasteiger partial charge in [-0.05, 0) is 44.7 Å². The first-order valence-corrected chi connectivity index (χ1v) is 6.18. The number of halogens is 1. The van der Waals surface area contributed by atoms with E-state index in [1.165, 1.54) is 0 Å². The molecule has 0 amide bonds. The van der Waals surface area contributed by atoms with E-state index < -0.39 is 0 Å². The lowest BCUT2D eigenvalue weighted by molar-refractivity contribution is 0.411. The van der Waals surface area contributed by atoms with Crippen molar-refractivity contribution in [2.45, 2.75) is 44.7 Å². The second-order valence-corrected chi connectivity index (χ2v) is 4.91. The molecule has 16 heavy (non-hydrogen) atoms. The third kappa shape index (κ3) is 2.86. The van der Waals surface area contributed by atoms with E-state index in [1.54, 1.807) is 0 Å². The Bertz CT molecular complexity index is 359. The van der Waals surface area contributed by atoms with Crippen LogP contribution in [-0.4, -0.2) is 17.1 Å². The molecular formula is C12H18ClN3. The van der Waals surface area contributed by atoms with E-state index in [1.807, 2.05) is 19.1 Å². The van der Waals surface area contributed by atoms with Gasteiger partial charge in [0.15, 0.2) is 0 Å². The van der Waals surface area contributed by atoms with Gasteiger partial charge in [-0.2, -0.15) is 0 Å². The minimum atomic E-state index is 0.391. The Morgan fingerprint density at radius 2 is 2.00 bits per heavy atom. The van der Waals surface area contributed by atoms with Crippen molar-refractivity contribution in [1.29, 1.82) is 0 Å². The van der Waals surface area contributed by atoms with Crippen LogP contribution in [0.15, 0.2) is 12.1 Å². The van der Waals surface area contributed by atoms with Gasteiger partial charge in [-0.1, -0.05) is 11.6 Å². The van der Waals surface area contributed by atoms with Crippen LogP contribution in [0, 0.1) is 6.92 Å². The highest BCUT2D eigenvalue weighted by atomic mass is 35.5. The van der Waals surface area contributed by atoms with Gasteiger partial charge in [-0.15, -0.1) is 0 Å². The molecule has 0 unspecified atom stereocenters. The zero-order valence-corrected chi connectivity index (χ0v) is 10.3. The van der Waals surface area contributed by atoms with Crippen molar-refractivity contribution < 1.29 is 0 Å². The van der Waals surface area contributed by atoms with Crippen molar-refractivity contribution in [2.24, 2.45) is 5.73 Å². The van der Waals surface area contributed by atoms with Gasteiger partial charge < -0.3 is 11.1 Å². The van der Waals surface area contributed by atoms with E-state index in [0.29, 0.717) is 17.2 Å². The minimum absolute atomic E-state index is 0.391. The maximum atomic E-state index is 5.88. The largest absolute Gasteiger partial charge is 0.381 e. The molecule has 4 heteroatoms. The molecule has 1 heterocycles. The number of nitrogens with one attached hydrogen (secondary N) is 1. The van der Waals surface area contributed by atoms with E-state index in [9.17, 15) is 0 Å². The van der Waals surface area contributed by atoms with Gasteiger partial charge in [-0.25, -0.2) is 4.98 Å². The first-order chi connectivity index (χ1) is 7.65. The highest BCUT2D eigenvalue weighted by Gasteiger charge is 2.18. The van der Waals surface area contributed by atoms with Crippen molar-refractivity contribution in [3.63, 3.8) is 0 Å². The Kier molecular flexibility index (Phi) is 3.66. The monoisotopic (exact) mass is 239 g/mol. The van der Waals surface area contributed by atoms with Crippen LogP contribution >= 0.6 is 11.6 Å². The lowest BCUT2D eigenvalue weighted by Crippen LogP contribution is -2.33. The molecule has 1 saturated carbocycles. The van der Waals surface area contributed by atoms with E-state index >= 15 is 0 Å². The lowest BCUT2D eigenvalue weighted by Gasteiger charge is -2.28. The van der Waals surface area contributed by atoms with Crippen LogP contribution in [0.5, 0.6) is 0 Å². The van der Waals surface area contributed by atoms with Crippen LogP contribution in [0.25, 0.3) is 0 Å². The third-order valence-electron chi connectivity index (χ3n) is 3.18. The molecule has 2 rings (SSSR count). The van der Waals surface area contributed by atoms with Gasteiger partial charge in [-0.3, -0.25) is 0 Å². The van der Waals surface area contributed by atoms with Gasteiger partial charge >= 0.3 is 0 Å². The number of anilines is 1. The second kappa shape index (κ2) is 5.02. The number of hydrogen-bond donors (Lipinski definition) is 2. The minimum Gasteiger partial charge on any atom is -0.381 e. The van der Waals surface area contributed by atoms with Gasteiger partial charge in [0.25, 0.3) is 0 Å². The molecule has 1 fully saturated rings. The predicted octanol–water partition coefficient (Wildman–Crippen LogP) is 2.73. The van der Waals surface area contributed by atoms with E-state index in [0.717, 1.165) is 37.1 Å². The standard InChI is InChI=1S/C12H18ClN3/c1-8-11(6-7-12(13)15-8)16-10-4-2-9(14)3-5-10/h6-7,9-10,16H,2-5,14H2,1H3. The summed E-state index contributed by atoms with van der Waals surface area (Å²) < 4.78 is 0. The number of pyridine rings is 1. The first kappa shape index (κ1) is 11.7. The third-order valence-corrected chi connectivity index (χ3v) is 3.39. The number of aromatic nitrogens is 1. The van der Waals surface area contributed by atoms with Crippen molar-refractivity contribution in [3.8, 4) is 0 Å². The number of nitrogens with zero attached hydrogens (tertiary/aromatic N) is 1. The predicted molar refractivity (Wildman–Crippen MR) is 67.8 cm³/mol. The Balaban J connectivity index is 1.98. The van der Waals surface area contributed by atoms with Crippen molar-refractivity contribution in [3.05, 3.63) is 23.0 Å². The molecule has 1 aliphatic carbocycles. The summed E-state index contributed by atoms with van der Waals surface area (Å²) >= 11 is 5.82.